The Morgan fingerprint density at radius 3 is 2.74 bits per heavy atom. The van der Waals surface area contributed by atoms with Crippen LogP contribution in [0.1, 0.15) is 38.2 Å². The predicted octanol–water partition coefficient (Wildman–Crippen LogP) is 3.37. The van der Waals surface area contributed by atoms with Gasteiger partial charge in [0.15, 0.2) is 0 Å². The molecular formula is C16H25NO2. The lowest BCUT2D eigenvalue weighted by Gasteiger charge is -2.27. The smallest absolute Gasteiger partial charge is 0.127 e. The molecule has 1 aliphatic rings. The Labute approximate surface area is 116 Å². The van der Waals surface area contributed by atoms with Gasteiger partial charge in [0, 0.05) is 24.2 Å². The van der Waals surface area contributed by atoms with E-state index in [-0.39, 0.29) is 0 Å². The van der Waals surface area contributed by atoms with Gasteiger partial charge in [0.05, 0.1) is 14.2 Å². The van der Waals surface area contributed by atoms with Gasteiger partial charge < -0.3 is 14.8 Å². The molecule has 1 fully saturated rings. The fourth-order valence-electron chi connectivity index (χ4n) is 2.87. The van der Waals surface area contributed by atoms with E-state index in [2.05, 4.69) is 18.3 Å². The van der Waals surface area contributed by atoms with Crippen molar-refractivity contribution in [1.29, 1.82) is 0 Å². The standard InChI is InChI=1S/C16H25NO2/c1-12-5-4-6-14(9-12)17-11-13-7-8-15(18-2)10-16(13)19-3/h7-8,10,12,14,17H,4-6,9,11H2,1-3H3. The Kier molecular flexibility index (Phi) is 5.08. The van der Waals surface area contributed by atoms with E-state index in [1.165, 1.54) is 31.2 Å². The highest BCUT2D eigenvalue weighted by Crippen LogP contribution is 2.26. The van der Waals surface area contributed by atoms with Crippen LogP contribution in [0.3, 0.4) is 0 Å². The highest BCUT2D eigenvalue weighted by Gasteiger charge is 2.18. The van der Waals surface area contributed by atoms with Gasteiger partial charge in [0.25, 0.3) is 0 Å². The number of hydrogen-bond donors (Lipinski definition) is 1. The second-order valence-corrected chi connectivity index (χ2v) is 5.53. The van der Waals surface area contributed by atoms with Gasteiger partial charge in [-0.3, -0.25) is 0 Å². The van der Waals surface area contributed by atoms with Crippen molar-refractivity contribution in [3.63, 3.8) is 0 Å². The maximum Gasteiger partial charge on any atom is 0.127 e. The van der Waals surface area contributed by atoms with Crippen LogP contribution < -0.4 is 14.8 Å². The van der Waals surface area contributed by atoms with E-state index in [0.717, 1.165) is 24.0 Å². The van der Waals surface area contributed by atoms with Crippen LogP contribution in [0.25, 0.3) is 0 Å². The molecule has 106 valence electrons. The van der Waals surface area contributed by atoms with Gasteiger partial charge in [-0.1, -0.05) is 25.8 Å². The summed E-state index contributed by atoms with van der Waals surface area (Å²) in [5.41, 5.74) is 1.20. The summed E-state index contributed by atoms with van der Waals surface area (Å²) < 4.78 is 10.6. The first kappa shape index (κ1) is 14.2. The van der Waals surface area contributed by atoms with Crippen LogP contribution in [0.2, 0.25) is 0 Å². The molecule has 3 nitrogen and oxygen atoms in total. The molecule has 0 radical (unpaired) electrons. The summed E-state index contributed by atoms with van der Waals surface area (Å²) in [7, 11) is 3.39. The van der Waals surface area contributed by atoms with Gasteiger partial charge in [0.2, 0.25) is 0 Å². The Morgan fingerprint density at radius 1 is 1.21 bits per heavy atom. The molecule has 1 saturated carbocycles. The highest BCUT2D eigenvalue weighted by molar-refractivity contribution is 5.40. The van der Waals surface area contributed by atoms with Crippen molar-refractivity contribution in [3.8, 4) is 11.5 Å². The molecule has 0 spiro atoms. The molecule has 0 amide bonds. The van der Waals surface area contributed by atoms with Crippen molar-refractivity contribution < 1.29 is 9.47 Å². The van der Waals surface area contributed by atoms with E-state index in [4.69, 9.17) is 9.47 Å². The Balaban J connectivity index is 1.95. The molecule has 0 aliphatic heterocycles. The van der Waals surface area contributed by atoms with E-state index in [9.17, 15) is 0 Å². The first-order valence-electron chi connectivity index (χ1n) is 7.17. The number of hydrogen-bond acceptors (Lipinski definition) is 3. The van der Waals surface area contributed by atoms with Crippen LogP contribution >= 0.6 is 0 Å². The molecule has 1 aliphatic carbocycles. The third-order valence-electron chi connectivity index (χ3n) is 4.01. The maximum atomic E-state index is 5.43. The summed E-state index contributed by atoms with van der Waals surface area (Å²) in [5, 5.41) is 3.66. The van der Waals surface area contributed by atoms with Crippen LogP contribution in [0.4, 0.5) is 0 Å². The lowest BCUT2D eigenvalue weighted by molar-refractivity contribution is 0.299. The average molecular weight is 263 g/mol. The molecule has 0 aromatic heterocycles. The van der Waals surface area contributed by atoms with E-state index >= 15 is 0 Å². The van der Waals surface area contributed by atoms with Gasteiger partial charge in [-0.15, -0.1) is 0 Å². The molecule has 19 heavy (non-hydrogen) atoms. The van der Waals surface area contributed by atoms with Gasteiger partial charge in [0.1, 0.15) is 11.5 Å². The topological polar surface area (TPSA) is 30.5 Å². The molecular weight excluding hydrogens is 238 g/mol. The average Bonchev–Trinajstić information content (AvgIpc) is 2.45. The highest BCUT2D eigenvalue weighted by atomic mass is 16.5. The number of methoxy groups -OCH3 is 2. The molecule has 2 rings (SSSR count). The normalized spacial score (nSPS) is 23.1. The fraction of sp³-hybridized carbons (Fsp3) is 0.625. The Morgan fingerprint density at radius 2 is 2.05 bits per heavy atom. The molecule has 1 aromatic carbocycles. The van der Waals surface area contributed by atoms with Crippen molar-refractivity contribution in [2.75, 3.05) is 14.2 Å². The Bertz CT molecular complexity index is 406. The van der Waals surface area contributed by atoms with Crippen LogP contribution in [0.15, 0.2) is 18.2 Å². The second-order valence-electron chi connectivity index (χ2n) is 5.53. The zero-order valence-corrected chi connectivity index (χ0v) is 12.2. The van der Waals surface area contributed by atoms with E-state index < -0.39 is 0 Å². The first-order valence-corrected chi connectivity index (χ1v) is 7.17. The minimum Gasteiger partial charge on any atom is -0.497 e. The second kappa shape index (κ2) is 6.80. The van der Waals surface area contributed by atoms with E-state index in [0.29, 0.717) is 6.04 Å². The summed E-state index contributed by atoms with van der Waals surface area (Å²) in [6, 6.07) is 6.66. The number of benzene rings is 1. The van der Waals surface area contributed by atoms with Crippen LogP contribution in [-0.2, 0) is 6.54 Å². The minimum absolute atomic E-state index is 0.649. The van der Waals surface area contributed by atoms with Crippen molar-refractivity contribution in [3.05, 3.63) is 23.8 Å². The van der Waals surface area contributed by atoms with Crippen molar-refractivity contribution in [2.24, 2.45) is 5.92 Å². The number of nitrogens with one attached hydrogen (secondary N) is 1. The van der Waals surface area contributed by atoms with Gasteiger partial charge in [-0.05, 0) is 24.8 Å². The molecule has 3 heteroatoms. The van der Waals surface area contributed by atoms with Crippen LogP contribution in [0.5, 0.6) is 11.5 Å². The summed E-state index contributed by atoms with van der Waals surface area (Å²) >= 11 is 0. The predicted molar refractivity (Wildman–Crippen MR) is 77.8 cm³/mol. The molecule has 0 saturated heterocycles. The zero-order chi connectivity index (χ0) is 13.7. The molecule has 0 heterocycles. The lowest BCUT2D eigenvalue weighted by atomic mass is 9.87. The van der Waals surface area contributed by atoms with Crippen molar-refractivity contribution in [2.45, 2.75) is 45.2 Å². The largest absolute Gasteiger partial charge is 0.497 e. The number of ether oxygens (including phenoxy) is 2. The third kappa shape index (κ3) is 3.87. The molecule has 2 unspecified atom stereocenters. The molecule has 0 bridgehead atoms. The van der Waals surface area contributed by atoms with Crippen molar-refractivity contribution >= 4 is 0 Å². The van der Waals surface area contributed by atoms with E-state index in [1.54, 1.807) is 14.2 Å². The van der Waals surface area contributed by atoms with Gasteiger partial charge >= 0.3 is 0 Å². The minimum atomic E-state index is 0.649. The SMILES string of the molecule is COc1ccc(CNC2CCCC(C)C2)c(OC)c1. The number of rotatable bonds is 5. The van der Waals surface area contributed by atoms with Crippen LogP contribution in [0, 0.1) is 5.92 Å². The third-order valence-corrected chi connectivity index (χ3v) is 4.01. The monoisotopic (exact) mass is 263 g/mol. The summed E-state index contributed by atoms with van der Waals surface area (Å²) in [6.45, 7) is 3.21. The quantitative estimate of drug-likeness (QED) is 0.883. The maximum absolute atomic E-state index is 5.43. The lowest BCUT2D eigenvalue weighted by Crippen LogP contribution is -2.33. The summed E-state index contributed by atoms with van der Waals surface area (Å²) in [6.07, 6.45) is 5.31. The first-order chi connectivity index (χ1) is 9.22. The fourth-order valence-corrected chi connectivity index (χ4v) is 2.87. The molecule has 1 aromatic rings. The summed E-state index contributed by atoms with van der Waals surface area (Å²) in [4.78, 5) is 0. The molecule has 2 atom stereocenters. The van der Waals surface area contributed by atoms with Gasteiger partial charge in [-0.25, -0.2) is 0 Å². The van der Waals surface area contributed by atoms with Gasteiger partial charge in [-0.2, -0.15) is 0 Å². The zero-order valence-electron chi connectivity index (χ0n) is 12.2. The van der Waals surface area contributed by atoms with Crippen LogP contribution in [-0.4, -0.2) is 20.3 Å². The Hall–Kier alpha value is -1.22. The molecule has 1 N–H and O–H groups in total. The summed E-state index contributed by atoms with van der Waals surface area (Å²) in [5.74, 6) is 2.59. The van der Waals surface area contributed by atoms with Crippen molar-refractivity contribution in [1.82, 2.24) is 5.32 Å². The van der Waals surface area contributed by atoms with E-state index in [1.807, 2.05) is 12.1 Å².